The van der Waals surface area contributed by atoms with Crippen molar-refractivity contribution < 1.29 is 5.11 Å². The minimum atomic E-state index is -0.0888. The molecule has 2 aliphatic rings. The minimum absolute atomic E-state index is 0.0888. The number of allylic oxidation sites excluding steroid dienone is 2. The Kier molecular flexibility index (Phi) is 3.60. The number of nitrogens with one attached hydrogen (secondary N) is 1. The van der Waals surface area contributed by atoms with Crippen LogP contribution in [0.25, 0.3) is 0 Å². The molecule has 2 aliphatic carbocycles. The van der Waals surface area contributed by atoms with E-state index in [1.807, 2.05) is 0 Å². The van der Waals surface area contributed by atoms with E-state index >= 15 is 0 Å². The molecule has 2 rings (SSSR count). The van der Waals surface area contributed by atoms with Gasteiger partial charge in [0.05, 0.1) is 6.10 Å². The van der Waals surface area contributed by atoms with Crippen LogP contribution in [0.5, 0.6) is 0 Å². The number of hydrogen-bond acceptors (Lipinski definition) is 2. The van der Waals surface area contributed by atoms with Crippen LogP contribution in [-0.4, -0.2) is 23.8 Å². The lowest BCUT2D eigenvalue weighted by atomic mass is 9.94. The van der Waals surface area contributed by atoms with Gasteiger partial charge in [-0.15, -0.1) is 0 Å². The lowest BCUT2D eigenvalue weighted by Crippen LogP contribution is -2.38. The van der Waals surface area contributed by atoms with Gasteiger partial charge in [-0.1, -0.05) is 12.2 Å². The van der Waals surface area contributed by atoms with Gasteiger partial charge in [-0.3, -0.25) is 0 Å². The molecule has 0 saturated heterocycles. The van der Waals surface area contributed by atoms with E-state index < -0.39 is 0 Å². The van der Waals surface area contributed by atoms with Crippen molar-refractivity contribution in [1.29, 1.82) is 0 Å². The molecule has 0 aromatic carbocycles. The van der Waals surface area contributed by atoms with E-state index in [0.29, 0.717) is 6.04 Å². The molecular formula is C12H21NO. The maximum Gasteiger partial charge on any atom is 0.0693 e. The third-order valence-electron chi connectivity index (χ3n) is 3.53. The van der Waals surface area contributed by atoms with Crippen LogP contribution in [0, 0.1) is 5.92 Å². The van der Waals surface area contributed by atoms with E-state index in [-0.39, 0.29) is 6.10 Å². The summed E-state index contributed by atoms with van der Waals surface area (Å²) in [5.74, 6) is 0.799. The van der Waals surface area contributed by atoms with Crippen LogP contribution >= 0.6 is 0 Å². The quantitative estimate of drug-likeness (QED) is 0.674. The number of aliphatic hydroxyl groups is 1. The molecule has 1 saturated carbocycles. The first-order chi connectivity index (χ1) is 6.86. The lowest BCUT2D eigenvalue weighted by Gasteiger charge is -2.22. The summed E-state index contributed by atoms with van der Waals surface area (Å²) in [6, 6.07) is 0.376. The molecule has 14 heavy (non-hydrogen) atoms. The third kappa shape index (κ3) is 2.58. The predicted molar refractivity (Wildman–Crippen MR) is 58.1 cm³/mol. The van der Waals surface area contributed by atoms with Gasteiger partial charge < -0.3 is 10.4 Å². The topological polar surface area (TPSA) is 32.3 Å². The molecule has 2 nitrogen and oxygen atoms in total. The molecule has 0 heterocycles. The summed E-state index contributed by atoms with van der Waals surface area (Å²) in [5.41, 5.74) is 0. The Balaban J connectivity index is 1.68. The van der Waals surface area contributed by atoms with Gasteiger partial charge in [0, 0.05) is 6.04 Å². The summed E-state index contributed by atoms with van der Waals surface area (Å²) in [7, 11) is 0. The van der Waals surface area contributed by atoms with E-state index in [4.69, 9.17) is 0 Å². The molecule has 0 aromatic rings. The molecule has 0 spiro atoms. The third-order valence-corrected chi connectivity index (χ3v) is 3.53. The summed E-state index contributed by atoms with van der Waals surface area (Å²) in [5, 5.41) is 13.2. The Labute approximate surface area is 86.4 Å². The highest BCUT2D eigenvalue weighted by Crippen LogP contribution is 2.21. The van der Waals surface area contributed by atoms with Crippen molar-refractivity contribution in [3.8, 4) is 0 Å². The Morgan fingerprint density at radius 2 is 2.14 bits per heavy atom. The molecule has 2 heteroatoms. The van der Waals surface area contributed by atoms with Crippen molar-refractivity contribution in [1.82, 2.24) is 5.32 Å². The van der Waals surface area contributed by atoms with Crippen molar-refractivity contribution >= 4 is 0 Å². The van der Waals surface area contributed by atoms with E-state index in [9.17, 15) is 5.11 Å². The van der Waals surface area contributed by atoms with E-state index in [1.165, 1.54) is 25.7 Å². The van der Waals surface area contributed by atoms with Gasteiger partial charge in [0.25, 0.3) is 0 Å². The summed E-state index contributed by atoms with van der Waals surface area (Å²) in [6.07, 6.45) is 11.6. The molecule has 0 radical (unpaired) electrons. The van der Waals surface area contributed by atoms with Gasteiger partial charge in [-0.2, -0.15) is 0 Å². The van der Waals surface area contributed by atoms with Crippen molar-refractivity contribution in [2.45, 2.75) is 50.7 Å². The molecule has 3 atom stereocenters. The second-order valence-electron chi connectivity index (χ2n) is 4.66. The van der Waals surface area contributed by atoms with Gasteiger partial charge in [0.1, 0.15) is 0 Å². The normalized spacial score (nSPS) is 37.6. The molecule has 0 bridgehead atoms. The van der Waals surface area contributed by atoms with Crippen molar-refractivity contribution in [2.75, 3.05) is 6.54 Å². The van der Waals surface area contributed by atoms with Crippen LogP contribution in [-0.2, 0) is 0 Å². The minimum Gasteiger partial charge on any atom is -0.392 e. The standard InChI is InChI=1S/C12H21NO/c14-12-8-4-7-11(12)13-9-10-5-2-1-3-6-10/h1-2,10-14H,3-9H2/t10?,11-,12-/m1/s1. The molecule has 80 valence electrons. The van der Waals surface area contributed by atoms with Crippen LogP contribution in [0.1, 0.15) is 38.5 Å². The fourth-order valence-electron chi connectivity index (χ4n) is 2.54. The maximum atomic E-state index is 9.64. The van der Waals surface area contributed by atoms with E-state index in [1.54, 1.807) is 0 Å². The summed E-state index contributed by atoms with van der Waals surface area (Å²) in [4.78, 5) is 0. The van der Waals surface area contributed by atoms with Gasteiger partial charge in [0.2, 0.25) is 0 Å². The maximum absolute atomic E-state index is 9.64. The average molecular weight is 195 g/mol. The monoisotopic (exact) mass is 195 g/mol. The van der Waals surface area contributed by atoms with Gasteiger partial charge >= 0.3 is 0 Å². The van der Waals surface area contributed by atoms with Crippen LogP contribution in [0.4, 0.5) is 0 Å². The molecular weight excluding hydrogens is 174 g/mol. The number of aliphatic hydroxyl groups excluding tert-OH is 1. The second kappa shape index (κ2) is 4.94. The zero-order valence-electron chi connectivity index (χ0n) is 8.78. The molecule has 1 fully saturated rings. The Morgan fingerprint density at radius 3 is 2.79 bits per heavy atom. The molecule has 1 unspecified atom stereocenters. The summed E-state index contributed by atoms with van der Waals surface area (Å²) in [6.45, 7) is 1.09. The van der Waals surface area contributed by atoms with Gasteiger partial charge in [0.15, 0.2) is 0 Å². The molecule has 0 amide bonds. The number of hydrogen-bond donors (Lipinski definition) is 2. The highest BCUT2D eigenvalue weighted by atomic mass is 16.3. The first-order valence-corrected chi connectivity index (χ1v) is 5.92. The van der Waals surface area contributed by atoms with E-state index in [0.717, 1.165) is 25.3 Å². The lowest BCUT2D eigenvalue weighted by molar-refractivity contribution is 0.146. The van der Waals surface area contributed by atoms with Gasteiger partial charge in [-0.05, 0) is 51.0 Å². The second-order valence-corrected chi connectivity index (χ2v) is 4.66. The fraction of sp³-hybridized carbons (Fsp3) is 0.833. The Morgan fingerprint density at radius 1 is 1.21 bits per heavy atom. The Hall–Kier alpha value is -0.340. The van der Waals surface area contributed by atoms with Crippen LogP contribution in [0.15, 0.2) is 12.2 Å². The molecule has 2 N–H and O–H groups in total. The highest BCUT2D eigenvalue weighted by Gasteiger charge is 2.25. The zero-order chi connectivity index (χ0) is 9.80. The average Bonchev–Trinajstić information content (AvgIpc) is 2.63. The van der Waals surface area contributed by atoms with Crippen molar-refractivity contribution in [2.24, 2.45) is 5.92 Å². The SMILES string of the molecule is O[C@@H]1CCC[C@H]1NCC1CC=CCC1. The highest BCUT2D eigenvalue weighted by molar-refractivity contribution is 4.91. The first kappa shape index (κ1) is 10.2. The molecule has 0 aromatic heterocycles. The largest absolute Gasteiger partial charge is 0.392 e. The Bertz CT molecular complexity index is 202. The first-order valence-electron chi connectivity index (χ1n) is 5.92. The van der Waals surface area contributed by atoms with E-state index in [2.05, 4.69) is 17.5 Å². The number of rotatable bonds is 3. The van der Waals surface area contributed by atoms with Crippen LogP contribution < -0.4 is 5.32 Å². The van der Waals surface area contributed by atoms with Crippen LogP contribution in [0.2, 0.25) is 0 Å². The fourth-order valence-corrected chi connectivity index (χ4v) is 2.54. The zero-order valence-corrected chi connectivity index (χ0v) is 8.78. The predicted octanol–water partition coefficient (Wildman–Crippen LogP) is 1.85. The van der Waals surface area contributed by atoms with Crippen LogP contribution in [0.3, 0.4) is 0 Å². The van der Waals surface area contributed by atoms with Crippen molar-refractivity contribution in [3.05, 3.63) is 12.2 Å². The summed E-state index contributed by atoms with van der Waals surface area (Å²) >= 11 is 0. The van der Waals surface area contributed by atoms with Crippen molar-refractivity contribution in [3.63, 3.8) is 0 Å². The smallest absolute Gasteiger partial charge is 0.0693 e. The molecule has 0 aliphatic heterocycles. The summed E-state index contributed by atoms with van der Waals surface area (Å²) < 4.78 is 0. The van der Waals surface area contributed by atoms with Gasteiger partial charge in [-0.25, -0.2) is 0 Å².